The first kappa shape index (κ1) is 19.7. The fourth-order valence-electron chi connectivity index (χ4n) is 2.90. The van der Waals surface area contributed by atoms with Gasteiger partial charge in [-0.3, -0.25) is 9.10 Å². The van der Waals surface area contributed by atoms with E-state index in [0.717, 1.165) is 11.8 Å². The van der Waals surface area contributed by atoms with E-state index in [4.69, 9.17) is 10.00 Å². The molecule has 0 unspecified atom stereocenters. The smallest absolute Gasteiger partial charge is 0.338 e. The SMILES string of the molecule is C[C@H]1Cc2cc(C(=O)OCC(=O)N(C)CCC#N)ccc2N1S(C)(=O)=O. The number of carbonyl (C=O) groups excluding carboxylic acids is 2. The van der Waals surface area contributed by atoms with Gasteiger partial charge in [0.15, 0.2) is 6.61 Å². The number of nitrogens with zero attached hydrogens (tertiary/aromatic N) is 3. The van der Waals surface area contributed by atoms with Crippen LogP contribution in [0.15, 0.2) is 18.2 Å². The predicted octanol–water partition coefficient (Wildman–Crippen LogP) is 0.926. The lowest BCUT2D eigenvalue weighted by Gasteiger charge is -2.21. The minimum Gasteiger partial charge on any atom is -0.452 e. The van der Waals surface area contributed by atoms with E-state index in [9.17, 15) is 18.0 Å². The zero-order valence-corrected chi connectivity index (χ0v) is 15.7. The van der Waals surface area contributed by atoms with Crippen molar-refractivity contribution >= 4 is 27.6 Å². The van der Waals surface area contributed by atoms with E-state index in [1.54, 1.807) is 19.1 Å². The number of sulfonamides is 1. The lowest BCUT2D eigenvalue weighted by molar-refractivity contribution is -0.133. The molecule has 1 aromatic carbocycles. The number of hydrogen-bond donors (Lipinski definition) is 0. The standard InChI is InChI=1S/C17H21N3O5S/c1-12-9-14-10-13(5-6-15(14)20(12)26(3,23)24)17(22)25-11-16(21)19(2)8-4-7-18/h5-6,10,12H,4,8-9,11H2,1-3H3/t12-/m0/s1. The molecule has 1 aromatic rings. The van der Waals surface area contributed by atoms with E-state index in [1.165, 1.54) is 22.3 Å². The highest BCUT2D eigenvalue weighted by molar-refractivity contribution is 7.92. The summed E-state index contributed by atoms with van der Waals surface area (Å²) in [4.78, 5) is 25.3. The molecule has 9 heteroatoms. The monoisotopic (exact) mass is 379 g/mol. The average molecular weight is 379 g/mol. The molecule has 0 aromatic heterocycles. The largest absolute Gasteiger partial charge is 0.452 e. The second-order valence-corrected chi connectivity index (χ2v) is 8.11. The van der Waals surface area contributed by atoms with Gasteiger partial charge in [0.1, 0.15) is 0 Å². The molecule has 26 heavy (non-hydrogen) atoms. The summed E-state index contributed by atoms with van der Waals surface area (Å²) in [6.45, 7) is 1.66. The molecule has 1 aliphatic heterocycles. The Morgan fingerprint density at radius 2 is 2.12 bits per heavy atom. The van der Waals surface area contributed by atoms with Crippen LogP contribution >= 0.6 is 0 Å². The van der Waals surface area contributed by atoms with Gasteiger partial charge in [-0.05, 0) is 37.1 Å². The van der Waals surface area contributed by atoms with Crippen LogP contribution in [0.5, 0.6) is 0 Å². The summed E-state index contributed by atoms with van der Waals surface area (Å²) >= 11 is 0. The molecular weight excluding hydrogens is 358 g/mol. The maximum Gasteiger partial charge on any atom is 0.338 e. The van der Waals surface area contributed by atoms with Crippen molar-refractivity contribution in [3.8, 4) is 6.07 Å². The number of nitriles is 1. The minimum atomic E-state index is -3.39. The highest BCUT2D eigenvalue weighted by Gasteiger charge is 2.33. The quantitative estimate of drug-likeness (QED) is 0.680. The molecule has 1 atom stereocenters. The molecule has 140 valence electrons. The summed E-state index contributed by atoms with van der Waals surface area (Å²) in [6.07, 6.45) is 1.85. The van der Waals surface area contributed by atoms with Crippen molar-refractivity contribution in [3.63, 3.8) is 0 Å². The normalized spacial score (nSPS) is 15.9. The summed E-state index contributed by atoms with van der Waals surface area (Å²) in [5.41, 5.74) is 1.57. The molecule has 0 spiro atoms. The Balaban J connectivity index is 2.05. The minimum absolute atomic E-state index is 0.204. The second-order valence-electron chi connectivity index (χ2n) is 6.25. The first-order valence-electron chi connectivity index (χ1n) is 8.05. The zero-order valence-electron chi connectivity index (χ0n) is 14.9. The van der Waals surface area contributed by atoms with Crippen LogP contribution in [0.4, 0.5) is 5.69 Å². The molecule has 0 saturated carbocycles. The molecular formula is C17H21N3O5S. The van der Waals surface area contributed by atoms with E-state index in [1.807, 2.05) is 6.07 Å². The van der Waals surface area contributed by atoms with Crippen molar-refractivity contribution in [1.82, 2.24) is 4.90 Å². The molecule has 0 saturated heterocycles. The number of ether oxygens (including phenoxy) is 1. The lowest BCUT2D eigenvalue weighted by Crippen LogP contribution is -2.34. The van der Waals surface area contributed by atoms with Crippen molar-refractivity contribution in [2.75, 3.05) is 30.8 Å². The number of hydrogen-bond acceptors (Lipinski definition) is 6. The number of likely N-dealkylation sites (N-methyl/N-ethyl adjacent to an activating group) is 1. The van der Waals surface area contributed by atoms with Gasteiger partial charge >= 0.3 is 5.97 Å². The van der Waals surface area contributed by atoms with Crippen molar-refractivity contribution in [3.05, 3.63) is 29.3 Å². The molecule has 1 aliphatic rings. The molecule has 0 aliphatic carbocycles. The van der Waals surface area contributed by atoms with Crippen LogP contribution < -0.4 is 4.31 Å². The highest BCUT2D eigenvalue weighted by atomic mass is 32.2. The summed E-state index contributed by atoms with van der Waals surface area (Å²) in [7, 11) is -1.86. The van der Waals surface area contributed by atoms with E-state index >= 15 is 0 Å². The van der Waals surface area contributed by atoms with E-state index in [-0.39, 0.29) is 24.6 Å². The third-order valence-corrected chi connectivity index (χ3v) is 5.41. The van der Waals surface area contributed by atoms with Gasteiger partial charge in [-0.2, -0.15) is 5.26 Å². The molecule has 0 fully saturated rings. The number of esters is 1. The first-order chi connectivity index (χ1) is 12.1. The van der Waals surface area contributed by atoms with Crippen LogP contribution in [0.25, 0.3) is 0 Å². The number of benzene rings is 1. The number of rotatable bonds is 6. The molecule has 1 heterocycles. The summed E-state index contributed by atoms with van der Waals surface area (Å²) < 4.78 is 30.2. The third-order valence-electron chi connectivity index (χ3n) is 4.14. The van der Waals surface area contributed by atoms with Crippen LogP contribution in [0.2, 0.25) is 0 Å². The fourth-order valence-corrected chi connectivity index (χ4v) is 4.16. The Kier molecular flexibility index (Phi) is 5.87. The van der Waals surface area contributed by atoms with E-state index in [2.05, 4.69) is 0 Å². The van der Waals surface area contributed by atoms with Gasteiger partial charge in [-0.25, -0.2) is 13.2 Å². The average Bonchev–Trinajstić information content (AvgIpc) is 2.91. The van der Waals surface area contributed by atoms with Crippen LogP contribution in [0.1, 0.15) is 29.3 Å². The second kappa shape index (κ2) is 7.74. The van der Waals surface area contributed by atoms with E-state index < -0.39 is 28.5 Å². The van der Waals surface area contributed by atoms with Gasteiger partial charge in [-0.1, -0.05) is 0 Å². The van der Waals surface area contributed by atoms with Crippen LogP contribution in [-0.4, -0.2) is 57.7 Å². The number of amides is 1. The van der Waals surface area contributed by atoms with Crippen molar-refractivity contribution in [2.24, 2.45) is 0 Å². The van der Waals surface area contributed by atoms with Crippen molar-refractivity contribution < 1.29 is 22.7 Å². The Bertz CT molecular complexity index is 860. The lowest BCUT2D eigenvalue weighted by atomic mass is 10.1. The van der Waals surface area contributed by atoms with E-state index in [0.29, 0.717) is 12.1 Å². The van der Waals surface area contributed by atoms with Gasteiger partial charge < -0.3 is 9.64 Å². The Hall–Kier alpha value is -2.60. The van der Waals surface area contributed by atoms with Gasteiger partial charge in [0.2, 0.25) is 10.0 Å². The first-order valence-corrected chi connectivity index (χ1v) is 9.90. The molecule has 0 bridgehead atoms. The zero-order chi connectivity index (χ0) is 19.5. The molecule has 0 radical (unpaired) electrons. The highest BCUT2D eigenvalue weighted by Crippen LogP contribution is 2.34. The third kappa shape index (κ3) is 4.32. The van der Waals surface area contributed by atoms with Crippen molar-refractivity contribution in [2.45, 2.75) is 25.8 Å². The molecule has 1 amide bonds. The topological polar surface area (TPSA) is 108 Å². The van der Waals surface area contributed by atoms with Gasteiger partial charge in [-0.15, -0.1) is 0 Å². The maximum atomic E-state index is 12.2. The number of fused-ring (bicyclic) bond motifs is 1. The van der Waals surface area contributed by atoms with Gasteiger partial charge in [0, 0.05) is 19.6 Å². The van der Waals surface area contributed by atoms with Gasteiger partial charge in [0.25, 0.3) is 5.91 Å². The summed E-state index contributed by atoms with van der Waals surface area (Å²) in [5.74, 6) is -1.05. The van der Waals surface area contributed by atoms with Crippen LogP contribution in [0, 0.1) is 11.3 Å². The Morgan fingerprint density at radius 3 is 2.73 bits per heavy atom. The molecule has 0 N–H and O–H groups in total. The number of anilines is 1. The summed E-state index contributed by atoms with van der Waals surface area (Å²) in [5, 5.41) is 8.51. The Labute approximate surface area is 153 Å². The summed E-state index contributed by atoms with van der Waals surface area (Å²) in [6, 6.07) is 6.39. The fraction of sp³-hybridized carbons (Fsp3) is 0.471. The van der Waals surface area contributed by atoms with Crippen LogP contribution in [0.3, 0.4) is 0 Å². The van der Waals surface area contributed by atoms with Crippen LogP contribution in [-0.2, 0) is 26.0 Å². The molecule has 8 nitrogen and oxygen atoms in total. The predicted molar refractivity (Wildman–Crippen MR) is 95.1 cm³/mol. The maximum absolute atomic E-state index is 12.2. The Morgan fingerprint density at radius 1 is 1.42 bits per heavy atom. The number of carbonyl (C=O) groups is 2. The van der Waals surface area contributed by atoms with Crippen molar-refractivity contribution in [1.29, 1.82) is 5.26 Å². The molecule has 2 rings (SSSR count). The van der Waals surface area contributed by atoms with Gasteiger partial charge in [0.05, 0.1) is 30.0 Å².